The normalized spacial score (nSPS) is 10.9. The van der Waals surface area contributed by atoms with Crippen molar-refractivity contribution in [1.82, 2.24) is 0 Å². The fourth-order valence-electron chi connectivity index (χ4n) is 3.67. The van der Waals surface area contributed by atoms with Crippen LogP contribution in [0.3, 0.4) is 0 Å². The van der Waals surface area contributed by atoms with E-state index in [1.807, 2.05) is 18.2 Å². The van der Waals surface area contributed by atoms with Gasteiger partial charge in [-0.05, 0) is 65.3 Å². The average molecular weight is 389 g/mol. The molecule has 3 aromatic rings. The van der Waals surface area contributed by atoms with Gasteiger partial charge < -0.3 is 5.11 Å². The Morgan fingerprint density at radius 3 is 2.24 bits per heavy atom. The second-order valence-corrected chi connectivity index (χ2v) is 7.69. The summed E-state index contributed by atoms with van der Waals surface area (Å²) in [6.45, 7) is 2.20. The number of hydrogen-bond acceptors (Lipinski definition) is 2. The lowest BCUT2D eigenvalue weighted by molar-refractivity contribution is -0.118. The quantitative estimate of drug-likeness (QED) is 0.462. The average Bonchev–Trinajstić information content (AvgIpc) is 2.72. The van der Waals surface area contributed by atoms with Crippen molar-refractivity contribution >= 4 is 22.5 Å². The highest BCUT2D eigenvalue weighted by molar-refractivity contribution is 5.95. The molecule has 29 heavy (non-hydrogen) atoms. The maximum atomic E-state index is 12.4. The van der Waals surface area contributed by atoms with Crippen LogP contribution in [0.5, 0.6) is 0 Å². The Labute approximate surface area is 172 Å². The van der Waals surface area contributed by atoms with Gasteiger partial charge in [-0.15, -0.1) is 0 Å². The van der Waals surface area contributed by atoms with Gasteiger partial charge in [0.1, 0.15) is 5.78 Å². The van der Waals surface area contributed by atoms with Gasteiger partial charge >= 0.3 is 5.97 Å². The number of rotatable bonds is 10. The van der Waals surface area contributed by atoms with Crippen LogP contribution < -0.4 is 0 Å². The molecule has 0 aromatic heterocycles. The van der Waals surface area contributed by atoms with E-state index in [0.29, 0.717) is 12.8 Å². The Hall–Kier alpha value is -2.94. The van der Waals surface area contributed by atoms with Crippen LogP contribution >= 0.6 is 0 Å². The monoisotopic (exact) mass is 388 g/mol. The third-order valence-corrected chi connectivity index (χ3v) is 5.28. The van der Waals surface area contributed by atoms with Crippen LogP contribution in [0.25, 0.3) is 10.8 Å². The highest BCUT2D eigenvalue weighted by Crippen LogP contribution is 2.19. The Morgan fingerprint density at radius 1 is 0.793 bits per heavy atom. The van der Waals surface area contributed by atoms with Crippen LogP contribution in [0.1, 0.15) is 59.7 Å². The highest BCUT2D eigenvalue weighted by atomic mass is 16.4. The zero-order valence-corrected chi connectivity index (χ0v) is 17.0. The highest BCUT2D eigenvalue weighted by Gasteiger charge is 2.08. The lowest BCUT2D eigenvalue weighted by Crippen LogP contribution is -2.03. The molecular formula is C26H28O3. The van der Waals surface area contributed by atoms with Gasteiger partial charge in [0.2, 0.25) is 0 Å². The van der Waals surface area contributed by atoms with Crippen LogP contribution in [0.4, 0.5) is 0 Å². The van der Waals surface area contributed by atoms with Crippen molar-refractivity contribution in [1.29, 1.82) is 0 Å². The minimum absolute atomic E-state index is 0.223. The predicted molar refractivity (Wildman–Crippen MR) is 118 cm³/mol. The van der Waals surface area contributed by atoms with Gasteiger partial charge in [-0.3, -0.25) is 4.79 Å². The molecule has 150 valence electrons. The first-order valence-corrected chi connectivity index (χ1v) is 10.4. The number of aryl methyl sites for hydroxylation is 2. The summed E-state index contributed by atoms with van der Waals surface area (Å²) in [6, 6.07) is 19.6. The summed E-state index contributed by atoms with van der Waals surface area (Å²) in [5, 5.41) is 11.0. The molecule has 0 spiro atoms. The van der Waals surface area contributed by atoms with Crippen molar-refractivity contribution in [3.8, 4) is 0 Å². The van der Waals surface area contributed by atoms with Gasteiger partial charge in [0.15, 0.2) is 0 Å². The van der Waals surface area contributed by atoms with Crippen molar-refractivity contribution in [2.75, 3.05) is 0 Å². The maximum Gasteiger partial charge on any atom is 0.335 e. The molecule has 0 aliphatic heterocycles. The summed E-state index contributed by atoms with van der Waals surface area (Å²) in [7, 11) is 0. The zero-order valence-electron chi connectivity index (χ0n) is 17.0. The van der Waals surface area contributed by atoms with E-state index in [0.717, 1.165) is 35.6 Å². The van der Waals surface area contributed by atoms with Gasteiger partial charge in [-0.1, -0.05) is 61.9 Å². The number of aromatic carboxylic acids is 1. The van der Waals surface area contributed by atoms with Crippen molar-refractivity contribution in [2.24, 2.45) is 0 Å². The fourth-order valence-corrected chi connectivity index (χ4v) is 3.67. The summed E-state index contributed by atoms with van der Waals surface area (Å²) >= 11 is 0. The molecule has 3 aromatic carbocycles. The van der Waals surface area contributed by atoms with E-state index >= 15 is 0 Å². The fraction of sp³-hybridized carbons (Fsp3) is 0.308. The van der Waals surface area contributed by atoms with E-state index in [1.165, 1.54) is 24.0 Å². The number of carbonyl (C=O) groups is 2. The topological polar surface area (TPSA) is 54.4 Å². The van der Waals surface area contributed by atoms with Crippen LogP contribution in [0, 0.1) is 0 Å². The molecule has 0 atom stereocenters. The Kier molecular flexibility index (Phi) is 7.18. The molecular weight excluding hydrogens is 360 g/mol. The number of fused-ring (bicyclic) bond motifs is 1. The number of ketones is 1. The first-order chi connectivity index (χ1) is 14.0. The van der Waals surface area contributed by atoms with Crippen LogP contribution in [-0.2, 0) is 24.1 Å². The molecule has 0 heterocycles. The summed E-state index contributed by atoms with van der Waals surface area (Å²) in [4.78, 5) is 23.6. The van der Waals surface area contributed by atoms with Crippen molar-refractivity contribution in [3.63, 3.8) is 0 Å². The molecule has 3 nitrogen and oxygen atoms in total. The molecule has 0 fully saturated rings. The molecule has 0 bridgehead atoms. The molecule has 0 aliphatic rings. The molecule has 0 saturated carbocycles. The number of hydrogen-bond donors (Lipinski definition) is 1. The van der Waals surface area contributed by atoms with Crippen molar-refractivity contribution in [3.05, 3.63) is 82.9 Å². The van der Waals surface area contributed by atoms with Gasteiger partial charge in [0, 0.05) is 12.8 Å². The second kappa shape index (κ2) is 10.0. The van der Waals surface area contributed by atoms with Crippen molar-refractivity contribution < 1.29 is 14.7 Å². The summed E-state index contributed by atoms with van der Waals surface area (Å²) < 4.78 is 0. The lowest BCUT2D eigenvalue weighted by Gasteiger charge is -2.06. The van der Waals surface area contributed by atoms with Gasteiger partial charge in [-0.25, -0.2) is 4.79 Å². The Balaban J connectivity index is 1.54. The molecule has 0 amide bonds. The van der Waals surface area contributed by atoms with Crippen LogP contribution in [0.15, 0.2) is 60.7 Å². The Bertz CT molecular complexity index is 1000. The zero-order chi connectivity index (χ0) is 20.6. The molecule has 0 radical (unpaired) electrons. The van der Waals surface area contributed by atoms with E-state index in [2.05, 4.69) is 31.2 Å². The standard InChI is InChI=1S/C26H28O3/c1-2-3-6-19-7-4-8-20(15-19)9-5-10-25(27)17-21-11-12-22-13-14-23(26(28)29)18-24(22)16-21/h4,7-8,11-16,18H,2-3,5-6,9-10,17H2,1H3,(H,28,29). The molecule has 3 rings (SSSR count). The number of unbranched alkanes of at least 4 members (excludes halogenated alkanes) is 1. The minimum atomic E-state index is -0.938. The lowest BCUT2D eigenvalue weighted by atomic mass is 9.98. The van der Waals surface area contributed by atoms with E-state index < -0.39 is 5.97 Å². The Morgan fingerprint density at radius 2 is 1.52 bits per heavy atom. The van der Waals surface area contributed by atoms with E-state index in [-0.39, 0.29) is 11.3 Å². The number of carboxylic acid groups (broad SMARTS) is 1. The molecule has 0 aliphatic carbocycles. The first-order valence-electron chi connectivity index (χ1n) is 10.4. The summed E-state index contributed by atoms with van der Waals surface area (Å²) in [5.41, 5.74) is 3.89. The molecule has 0 saturated heterocycles. The number of Topliss-reactive ketones (excluding diaryl/α,β-unsaturated/α-hetero) is 1. The maximum absolute atomic E-state index is 12.4. The minimum Gasteiger partial charge on any atom is -0.478 e. The predicted octanol–water partition coefficient (Wildman–Crippen LogP) is 6.02. The number of benzene rings is 3. The number of carbonyl (C=O) groups excluding carboxylic acids is 1. The van der Waals surface area contributed by atoms with E-state index in [1.54, 1.807) is 18.2 Å². The third kappa shape index (κ3) is 6.02. The summed E-state index contributed by atoms with van der Waals surface area (Å²) in [5.74, 6) is -0.715. The van der Waals surface area contributed by atoms with Gasteiger partial charge in [0.05, 0.1) is 5.56 Å². The van der Waals surface area contributed by atoms with Crippen LogP contribution in [0.2, 0.25) is 0 Å². The third-order valence-electron chi connectivity index (χ3n) is 5.28. The largest absolute Gasteiger partial charge is 0.478 e. The smallest absolute Gasteiger partial charge is 0.335 e. The molecule has 1 N–H and O–H groups in total. The SMILES string of the molecule is CCCCc1cccc(CCCC(=O)Cc2ccc3ccc(C(=O)O)cc3c2)c1. The van der Waals surface area contributed by atoms with Crippen molar-refractivity contribution in [2.45, 2.75) is 51.9 Å². The number of carboxylic acids is 1. The second-order valence-electron chi connectivity index (χ2n) is 7.69. The van der Waals surface area contributed by atoms with Gasteiger partial charge in [0.25, 0.3) is 0 Å². The first kappa shape index (κ1) is 20.8. The van der Waals surface area contributed by atoms with Crippen LogP contribution in [-0.4, -0.2) is 16.9 Å². The summed E-state index contributed by atoms with van der Waals surface area (Å²) in [6.07, 6.45) is 6.26. The molecule has 3 heteroatoms. The van der Waals surface area contributed by atoms with Gasteiger partial charge in [-0.2, -0.15) is 0 Å². The van der Waals surface area contributed by atoms with E-state index in [9.17, 15) is 9.59 Å². The van der Waals surface area contributed by atoms with E-state index in [4.69, 9.17) is 5.11 Å². The molecule has 0 unspecified atom stereocenters.